The van der Waals surface area contributed by atoms with Crippen molar-refractivity contribution in [2.45, 2.75) is 38.0 Å². The third-order valence-electron chi connectivity index (χ3n) is 8.37. The average molecular weight is 531 g/mol. The number of likely N-dealkylation sites (tertiary alicyclic amines) is 1. The number of hydrogen-bond donors (Lipinski definition) is 1. The van der Waals surface area contributed by atoms with E-state index in [-0.39, 0.29) is 18.1 Å². The number of aromatic nitrogens is 4. The molecule has 1 N–H and O–H groups in total. The maximum absolute atomic E-state index is 13.7. The lowest BCUT2D eigenvalue weighted by molar-refractivity contribution is -0.0383. The zero-order valence-electron chi connectivity index (χ0n) is 22.6. The molecule has 2 atom stereocenters. The van der Waals surface area contributed by atoms with Crippen LogP contribution in [0.15, 0.2) is 30.3 Å². The number of aryl methyl sites for hydroxylation is 1. The molecule has 2 saturated heterocycles. The zero-order chi connectivity index (χ0) is 26.7. The number of hydrogen-bond acceptors (Lipinski definition) is 7. The van der Waals surface area contributed by atoms with Crippen LogP contribution in [0.4, 0.5) is 0 Å². The molecular weight excluding hydrogens is 496 g/mol. The summed E-state index contributed by atoms with van der Waals surface area (Å²) in [5, 5.41) is 4.55. The van der Waals surface area contributed by atoms with Crippen LogP contribution in [0.25, 0.3) is 33.6 Å². The average Bonchev–Trinajstić information content (AvgIpc) is 3.65. The number of pyridine rings is 1. The van der Waals surface area contributed by atoms with E-state index in [1.54, 1.807) is 14.2 Å². The Labute approximate surface area is 226 Å². The quantitative estimate of drug-likeness (QED) is 0.409. The topological polar surface area (TPSA) is 95.7 Å². The van der Waals surface area contributed by atoms with E-state index in [4.69, 9.17) is 24.2 Å². The van der Waals surface area contributed by atoms with Crippen LogP contribution in [-0.2, 0) is 18.3 Å². The summed E-state index contributed by atoms with van der Waals surface area (Å²) in [5.74, 6) is 2.69. The SMILES string of the molecule is COc1ccc2cc(-c3nc4cc(C(=O)N5CCC6OCCN[C@H]6C5)cc(OC)c4n3C)n(CC3CC3)c2n1. The first-order valence-corrected chi connectivity index (χ1v) is 13.8. The second-order valence-corrected chi connectivity index (χ2v) is 10.9. The van der Waals surface area contributed by atoms with Crippen LogP contribution in [0.5, 0.6) is 11.6 Å². The number of rotatable bonds is 6. The number of morpholine rings is 1. The lowest BCUT2D eigenvalue weighted by Gasteiger charge is -2.41. The van der Waals surface area contributed by atoms with Crippen LogP contribution in [0, 0.1) is 5.92 Å². The second kappa shape index (κ2) is 9.53. The molecule has 0 spiro atoms. The number of ether oxygens (including phenoxy) is 3. The van der Waals surface area contributed by atoms with Gasteiger partial charge in [0.15, 0.2) is 5.82 Å². The van der Waals surface area contributed by atoms with Gasteiger partial charge in [-0.25, -0.2) is 4.98 Å². The van der Waals surface area contributed by atoms with E-state index in [9.17, 15) is 4.79 Å². The van der Waals surface area contributed by atoms with E-state index in [1.807, 2.05) is 36.2 Å². The maximum atomic E-state index is 13.7. The second-order valence-electron chi connectivity index (χ2n) is 10.9. The Bertz CT molecular complexity index is 1570. The van der Waals surface area contributed by atoms with Crippen molar-refractivity contribution in [3.05, 3.63) is 35.9 Å². The molecule has 39 heavy (non-hydrogen) atoms. The van der Waals surface area contributed by atoms with Crippen molar-refractivity contribution in [2.24, 2.45) is 13.0 Å². The first-order valence-electron chi connectivity index (χ1n) is 13.8. The normalized spacial score (nSPS) is 21.4. The molecule has 4 aromatic rings. The fourth-order valence-electron chi connectivity index (χ4n) is 6.12. The van der Waals surface area contributed by atoms with Gasteiger partial charge < -0.3 is 33.6 Å². The lowest BCUT2D eigenvalue weighted by atomic mass is 9.99. The number of imidazole rings is 1. The molecule has 1 aromatic carbocycles. The van der Waals surface area contributed by atoms with Gasteiger partial charge in [0.25, 0.3) is 5.91 Å². The Kier molecular flexibility index (Phi) is 5.97. The number of nitrogens with one attached hydrogen (secondary N) is 1. The summed E-state index contributed by atoms with van der Waals surface area (Å²) in [6.07, 6.45) is 3.46. The molecule has 10 nitrogen and oxygen atoms in total. The standard InChI is InChI=1S/C29H34N6O4/c1-33-26-20(12-19(14-24(26)37-2)29(36)34-10-8-23-21(16-34)30-9-11-39-23)31-28(33)22-13-18-6-7-25(38-3)32-27(18)35(22)15-17-4-5-17/h6-7,12-14,17,21,23,30H,4-5,8-11,15-16H2,1-3H3/t21-,23?/m0/s1. The van der Waals surface area contributed by atoms with Crippen LogP contribution < -0.4 is 14.8 Å². The van der Waals surface area contributed by atoms with Gasteiger partial charge >= 0.3 is 0 Å². The van der Waals surface area contributed by atoms with Crippen molar-refractivity contribution < 1.29 is 19.0 Å². The summed E-state index contributed by atoms with van der Waals surface area (Å²) >= 11 is 0. The molecule has 3 aliphatic rings. The number of methoxy groups -OCH3 is 2. The van der Waals surface area contributed by atoms with Gasteiger partial charge in [0.2, 0.25) is 5.88 Å². The first kappa shape index (κ1) is 24.4. The molecule has 10 heteroatoms. The van der Waals surface area contributed by atoms with Crippen molar-refractivity contribution in [1.82, 2.24) is 29.3 Å². The highest BCUT2D eigenvalue weighted by atomic mass is 16.5. The van der Waals surface area contributed by atoms with Gasteiger partial charge in [-0.05, 0) is 49.4 Å². The Morgan fingerprint density at radius 1 is 1.13 bits per heavy atom. The largest absolute Gasteiger partial charge is 0.494 e. The van der Waals surface area contributed by atoms with E-state index in [1.165, 1.54) is 12.8 Å². The Hall–Kier alpha value is -3.63. The fraction of sp³-hybridized carbons (Fsp3) is 0.483. The molecule has 7 rings (SSSR count). The number of benzene rings is 1. The minimum atomic E-state index is -0.00707. The number of amides is 1. The van der Waals surface area contributed by atoms with Crippen molar-refractivity contribution in [3.8, 4) is 23.1 Å². The van der Waals surface area contributed by atoms with Crippen LogP contribution in [-0.4, -0.2) is 82.5 Å². The Balaban J connectivity index is 1.29. The summed E-state index contributed by atoms with van der Waals surface area (Å²) in [6, 6.07) is 10.00. The molecule has 1 aliphatic carbocycles. The lowest BCUT2D eigenvalue weighted by Crippen LogP contribution is -2.59. The van der Waals surface area contributed by atoms with Crippen LogP contribution in [0.2, 0.25) is 0 Å². The summed E-state index contributed by atoms with van der Waals surface area (Å²) in [7, 11) is 5.29. The third kappa shape index (κ3) is 4.22. The Morgan fingerprint density at radius 2 is 2.00 bits per heavy atom. The molecule has 1 unspecified atom stereocenters. The van der Waals surface area contributed by atoms with Crippen LogP contribution in [0.1, 0.15) is 29.6 Å². The van der Waals surface area contributed by atoms with Gasteiger partial charge in [0.1, 0.15) is 16.9 Å². The monoisotopic (exact) mass is 530 g/mol. The Morgan fingerprint density at radius 3 is 2.79 bits per heavy atom. The third-order valence-corrected chi connectivity index (χ3v) is 8.37. The predicted molar refractivity (Wildman–Crippen MR) is 147 cm³/mol. The van der Waals surface area contributed by atoms with E-state index in [0.29, 0.717) is 36.2 Å². The molecule has 0 radical (unpaired) electrons. The van der Waals surface area contributed by atoms with Gasteiger partial charge in [-0.2, -0.15) is 4.98 Å². The van der Waals surface area contributed by atoms with Gasteiger partial charge in [-0.15, -0.1) is 0 Å². The molecule has 204 valence electrons. The summed E-state index contributed by atoms with van der Waals surface area (Å²) in [5.41, 5.74) is 4.08. The minimum absolute atomic E-state index is 0.00707. The van der Waals surface area contributed by atoms with Gasteiger partial charge in [0.05, 0.1) is 44.2 Å². The van der Waals surface area contributed by atoms with Crippen LogP contribution >= 0.6 is 0 Å². The van der Waals surface area contributed by atoms with Crippen molar-refractivity contribution in [1.29, 1.82) is 0 Å². The zero-order valence-corrected chi connectivity index (χ0v) is 22.6. The molecule has 2 aliphatic heterocycles. The van der Waals surface area contributed by atoms with Crippen LogP contribution in [0.3, 0.4) is 0 Å². The van der Waals surface area contributed by atoms with Gasteiger partial charge in [0, 0.05) is 50.2 Å². The van der Waals surface area contributed by atoms with E-state index in [2.05, 4.69) is 20.5 Å². The maximum Gasteiger partial charge on any atom is 0.254 e. The minimum Gasteiger partial charge on any atom is -0.494 e. The van der Waals surface area contributed by atoms with E-state index < -0.39 is 0 Å². The molecule has 3 fully saturated rings. The van der Waals surface area contributed by atoms with Crippen molar-refractivity contribution >= 4 is 28.0 Å². The number of nitrogens with zero attached hydrogens (tertiary/aromatic N) is 5. The first-order chi connectivity index (χ1) is 19.0. The van der Waals surface area contributed by atoms with Crippen molar-refractivity contribution in [3.63, 3.8) is 0 Å². The fourth-order valence-corrected chi connectivity index (χ4v) is 6.12. The number of piperidine rings is 1. The summed E-state index contributed by atoms with van der Waals surface area (Å²) < 4.78 is 21.5. The highest BCUT2D eigenvalue weighted by Gasteiger charge is 2.34. The molecule has 1 amide bonds. The predicted octanol–water partition coefficient (Wildman–Crippen LogP) is 3.22. The van der Waals surface area contributed by atoms with E-state index >= 15 is 0 Å². The highest BCUT2D eigenvalue weighted by molar-refractivity contribution is 6.00. The van der Waals surface area contributed by atoms with Gasteiger partial charge in [-0.3, -0.25) is 4.79 Å². The molecular formula is C29H34N6O4. The summed E-state index contributed by atoms with van der Waals surface area (Å²) in [4.78, 5) is 25.4. The number of fused-ring (bicyclic) bond motifs is 3. The molecule has 5 heterocycles. The van der Waals surface area contributed by atoms with Crippen molar-refractivity contribution in [2.75, 3.05) is 40.5 Å². The molecule has 1 saturated carbocycles. The highest BCUT2D eigenvalue weighted by Crippen LogP contribution is 2.38. The van der Waals surface area contributed by atoms with E-state index in [0.717, 1.165) is 59.7 Å². The molecule has 3 aromatic heterocycles. The molecule has 0 bridgehead atoms. The summed E-state index contributed by atoms with van der Waals surface area (Å²) in [6.45, 7) is 3.74. The smallest absolute Gasteiger partial charge is 0.254 e. The van der Waals surface area contributed by atoms with Gasteiger partial charge in [-0.1, -0.05) is 0 Å². The number of carbonyl (C=O) groups excluding carboxylic acids is 1. The number of carbonyl (C=O) groups is 1.